The molecule has 1 saturated carbocycles. The van der Waals surface area contributed by atoms with E-state index in [0.717, 1.165) is 5.92 Å². The van der Waals surface area contributed by atoms with Gasteiger partial charge in [-0.15, -0.1) is 22.9 Å². The van der Waals surface area contributed by atoms with Gasteiger partial charge in [0.2, 0.25) is 0 Å². The predicted octanol–water partition coefficient (Wildman–Crippen LogP) is 6.19. The van der Waals surface area contributed by atoms with Gasteiger partial charge >= 0.3 is 0 Å². The summed E-state index contributed by atoms with van der Waals surface area (Å²) in [5.41, 5.74) is 0.465. The number of halogens is 1. The van der Waals surface area contributed by atoms with E-state index in [1.54, 1.807) is 0 Å². The molecule has 0 saturated heterocycles. The molecular weight excluding hydrogens is 260 g/mol. The van der Waals surface area contributed by atoms with E-state index < -0.39 is 0 Å². The van der Waals surface area contributed by atoms with Gasteiger partial charge in [-0.3, -0.25) is 0 Å². The van der Waals surface area contributed by atoms with Gasteiger partial charge in [-0.2, -0.15) is 0 Å². The Morgan fingerprint density at radius 2 is 1.78 bits per heavy atom. The maximum absolute atomic E-state index is 6.67. The molecule has 1 aliphatic carbocycles. The fraction of sp³-hybridized carbons (Fsp3) is 0.750. The molecule has 1 aliphatic rings. The highest BCUT2D eigenvalue weighted by atomic mass is 35.5. The number of rotatable bonds is 2. The van der Waals surface area contributed by atoms with Crippen molar-refractivity contribution >= 4 is 22.9 Å². The number of hydrogen-bond donors (Lipinski definition) is 0. The zero-order valence-corrected chi connectivity index (χ0v) is 13.6. The lowest BCUT2D eigenvalue weighted by atomic mass is 9.69. The normalized spacial score (nSPS) is 27.2. The lowest BCUT2D eigenvalue weighted by molar-refractivity contribution is 0.148. The standard InChI is InChI=1S/C16H25ClS/c1-11-5-10-14(18-11)15(17)12-6-8-13(9-7-12)16(2,3)4/h5,10,12-13,15H,6-9H2,1-4H3. The molecule has 1 unspecified atom stereocenters. The van der Waals surface area contributed by atoms with Gasteiger partial charge < -0.3 is 0 Å². The average Bonchev–Trinajstić information content (AvgIpc) is 2.74. The highest BCUT2D eigenvalue weighted by Crippen LogP contribution is 2.46. The van der Waals surface area contributed by atoms with Crippen molar-refractivity contribution in [1.82, 2.24) is 0 Å². The molecule has 1 aromatic rings. The Kier molecular flexibility index (Phi) is 4.44. The van der Waals surface area contributed by atoms with E-state index >= 15 is 0 Å². The van der Waals surface area contributed by atoms with Gasteiger partial charge in [0.15, 0.2) is 0 Å². The van der Waals surface area contributed by atoms with Crippen molar-refractivity contribution in [2.45, 2.75) is 58.8 Å². The van der Waals surface area contributed by atoms with Gasteiger partial charge in [0.05, 0.1) is 5.38 Å². The van der Waals surface area contributed by atoms with Crippen LogP contribution < -0.4 is 0 Å². The molecule has 0 bridgehead atoms. The van der Waals surface area contributed by atoms with Crippen LogP contribution in [0.2, 0.25) is 0 Å². The minimum absolute atomic E-state index is 0.240. The number of hydrogen-bond acceptors (Lipinski definition) is 1. The van der Waals surface area contributed by atoms with Crippen LogP contribution in [-0.2, 0) is 0 Å². The molecule has 2 rings (SSSR count). The van der Waals surface area contributed by atoms with Crippen LogP contribution in [-0.4, -0.2) is 0 Å². The Bertz CT molecular complexity index is 380. The molecule has 18 heavy (non-hydrogen) atoms. The van der Waals surface area contributed by atoms with Crippen molar-refractivity contribution in [2.75, 3.05) is 0 Å². The minimum Gasteiger partial charge on any atom is -0.144 e. The van der Waals surface area contributed by atoms with E-state index in [-0.39, 0.29) is 5.38 Å². The molecule has 0 nitrogen and oxygen atoms in total. The predicted molar refractivity (Wildman–Crippen MR) is 82.6 cm³/mol. The van der Waals surface area contributed by atoms with Crippen molar-refractivity contribution in [3.05, 3.63) is 21.9 Å². The Morgan fingerprint density at radius 3 is 2.22 bits per heavy atom. The Hall–Kier alpha value is -0.0100. The zero-order valence-electron chi connectivity index (χ0n) is 12.0. The topological polar surface area (TPSA) is 0 Å². The van der Waals surface area contributed by atoms with Crippen LogP contribution in [0.1, 0.15) is 61.6 Å². The zero-order chi connectivity index (χ0) is 13.3. The lowest BCUT2D eigenvalue weighted by Gasteiger charge is -2.38. The molecule has 0 radical (unpaired) electrons. The number of alkyl halides is 1. The Morgan fingerprint density at radius 1 is 1.17 bits per heavy atom. The molecule has 2 heteroatoms. The van der Waals surface area contributed by atoms with Crippen molar-refractivity contribution in [3.8, 4) is 0 Å². The molecule has 0 spiro atoms. The summed E-state index contributed by atoms with van der Waals surface area (Å²) in [7, 11) is 0. The lowest BCUT2D eigenvalue weighted by Crippen LogP contribution is -2.27. The van der Waals surface area contributed by atoms with Gasteiger partial charge in [0.25, 0.3) is 0 Å². The van der Waals surface area contributed by atoms with E-state index in [1.165, 1.54) is 35.4 Å². The first kappa shape index (κ1) is 14.4. The van der Waals surface area contributed by atoms with E-state index in [4.69, 9.17) is 11.6 Å². The van der Waals surface area contributed by atoms with E-state index in [1.807, 2.05) is 11.3 Å². The first-order chi connectivity index (χ1) is 8.38. The molecule has 0 N–H and O–H groups in total. The van der Waals surface area contributed by atoms with Crippen LogP contribution >= 0.6 is 22.9 Å². The van der Waals surface area contributed by atoms with Crippen LogP contribution in [0.3, 0.4) is 0 Å². The fourth-order valence-corrected chi connectivity index (χ4v) is 4.52. The van der Waals surface area contributed by atoms with Crippen LogP contribution in [0, 0.1) is 24.2 Å². The van der Waals surface area contributed by atoms with Crippen LogP contribution in [0.5, 0.6) is 0 Å². The van der Waals surface area contributed by atoms with Gasteiger partial charge in [-0.25, -0.2) is 0 Å². The highest BCUT2D eigenvalue weighted by molar-refractivity contribution is 7.12. The summed E-state index contributed by atoms with van der Waals surface area (Å²) in [4.78, 5) is 2.74. The second kappa shape index (κ2) is 5.54. The third-order valence-corrected chi connectivity index (χ3v) is 6.25. The third kappa shape index (κ3) is 3.30. The summed E-state index contributed by atoms with van der Waals surface area (Å²) in [5, 5.41) is 0.240. The van der Waals surface area contributed by atoms with E-state index in [9.17, 15) is 0 Å². The van der Waals surface area contributed by atoms with Gasteiger partial charge in [-0.1, -0.05) is 20.8 Å². The van der Waals surface area contributed by atoms with E-state index in [0.29, 0.717) is 11.3 Å². The summed E-state index contributed by atoms with van der Waals surface area (Å²) in [5.74, 6) is 1.56. The summed E-state index contributed by atoms with van der Waals surface area (Å²) >= 11 is 8.53. The SMILES string of the molecule is Cc1ccc(C(Cl)C2CCC(C(C)(C)C)CC2)s1. The largest absolute Gasteiger partial charge is 0.144 e. The summed E-state index contributed by atoms with van der Waals surface area (Å²) in [6, 6.07) is 4.41. The van der Waals surface area contributed by atoms with E-state index in [2.05, 4.69) is 39.8 Å². The monoisotopic (exact) mass is 284 g/mol. The Balaban J connectivity index is 1.94. The fourth-order valence-electron chi connectivity index (χ4n) is 3.11. The van der Waals surface area contributed by atoms with Crippen LogP contribution in [0.25, 0.3) is 0 Å². The van der Waals surface area contributed by atoms with Crippen LogP contribution in [0.15, 0.2) is 12.1 Å². The first-order valence-corrected chi connectivity index (χ1v) is 8.33. The average molecular weight is 285 g/mol. The number of aryl methyl sites for hydroxylation is 1. The second-order valence-electron chi connectivity index (χ2n) is 6.83. The highest BCUT2D eigenvalue weighted by Gasteiger charge is 2.33. The molecular formula is C16H25ClS. The molecule has 0 amide bonds. The molecule has 0 aromatic carbocycles. The summed E-state index contributed by atoms with van der Waals surface area (Å²) in [6.07, 6.45) is 5.30. The summed E-state index contributed by atoms with van der Waals surface area (Å²) in [6.45, 7) is 9.28. The second-order valence-corrected chi connectivity index (χ2v) is 8.62. The maximum atomic E-state index is 6.67. The third-order valence-electron chi connectivity index (χ3n) is 4.44. The van der Waals surface area contributed by atoms with Crippen molar-refractivity contribution in [3.63, 3.8) is 0 Å². The Labute approximate surface area is 121 Å². The van der Waals surface area contributed by atoms with Gasteiger partial charge in [-0.05, 0) is 62.0 Å². The van der Waals surface area contributed by atoms with Crippen molar-refractivity contribution < 1.29 is 0 Å². The van der Waals surface area contributed by atoms with Crippen molar-refractivity contribution in [2.24, 2.45) is 17.3 Å². The number of thiophene rings is 1. The molecule has 102 valence electrons. The molecule has 0 aliphatic heterocycles. The molecule has 1 atom stereocenters. The minimum atomic E-state index is 0.240. The van der Waals surface area contributed by atoms with Gasteiger partial charge in [0, 0.05) is 9.75 Å². The molecule has 1 heterocycles. The summed E-state index contributed by atoms with van der Waals surface area (Å²) < 4.78 is 0. The van der Waals surface area contributed by atoms with Gasteiger partial charge in [0.1, 0.15) is 0 Å². The quantitative estimate of drug-likeness (QED) is 0.568. The van der Waals surface area contributed by atoms with Crippen molar-refractivity contribution in [1.29, 1.82) is 0 Å². The first-order valence-electron chi connectivity index (χ1n) is 7.08. The smallest absolute Gasteiger partial charge is 0.0706 e. The molecule has 1 aromatic heterocycles. The molecule has 1 fully saturated rings. The van der Waals surface area contributed by atoms with Crippen LogP contribution in [0.4, 0.5) is 0 Å². The maximum Gasteiger partial charge on any atom is 0.0706 e.